The summed E-state index contributed by atoms with van der Waals surface area (Å²) in [5.41, 5.74) is 5.74. The van der Waals surface area contributed by atoms with E-state index in [4.69, 9.17) is 5.73 Å². The van der Waals surface area contributed by atoms with Crippen molar-refractivity contribution in [2.75, 3.05) is 12.3 Å². The number of fused-ring (bicyclic) bond motifs is 1. The van der Waals surface area contributed by atoms with E-state index in [9.17, 15) is 14.7 Å². The summed E-state index contributed by atoms with van der Waals surface area (Å²) in [5, 5.41) is 9.62. The van der Waals surface area contributed by atoms with Crippen LogP contribution in [-0.4, -0.2) is 50.3 Å². The Morgan fingerprint density at radius 2 is 2.24 bits per heavy atom. The molecule has 0 bridgehead atoms. The molecule has 0 saturated carbocycles. The van der Waals surface area contributed by atoms with Crippen molar-refractivity contribution < 1.29 is 14.7 Å². The minimum Gasteiger partial charge on any atom is -0.480 e. The van der Waals surface area contributed by atoms with Gasteiger partial charge in [0.25, 0.3) is 0 Å². The van der Waals surface area contributed by atoms with Crippen molar-refractivity contribution in [2.45, 2.75) is 21.1 Å². The van der Waals surface area contributed by atoms with Gasteiger partial charge >= 0.3 is 5.97 Å². The molecular formula is C13H13BrN2O3S2. The Morgan fingerprint density at radius 1 is 1.52 bits per heavy atom. The third-order valence-corrected chi connectivity index (χ3v) is 7.73. The highest BCUT2D eigenvalue weighted by atomic mass is 79.9. The van der Waals surface area contributed by atoms with Gasteiger partial charge in [-0.25, -0.2) is 0 Å². The second-order valence-electron chi connectivity index (χ2n) is 5.03. The van der Waals surface area contributed by atoms with Crippen molar-refractivity contribution >= 4 is 51.3 Å². The molecule has 0 aliphatic carbocycles. The molecule has 2 heterocycles. The normalized spacial score (nSPS) is 31.5. The molecule has 112 valence electrons. The minimum absolute atomic E-state index is 0.0789. The average molecular weight is 389 g/mol. The van der Waals surface area contributed by atoms with Crippen LogP contribution in [0.25, 0.3) is 0 Å². The highest BCUT2D eigenvalue weighted by Gasteiger charge is 2.56. The molecule has 0 spiro atoms. The van der Waals surface area contributed by atoms with E-state index < -0.39 is 16.8 Å². The molecule has 0 radical (unpaired) electrons. The number of aliphatic carboxylic acids is 1. The minimum atomic E-state index is -1.04. The standard InChI is InChI=1S/C13H13BrN2O3S2/c14-7-3-1-2-4-8(7)21-13(12(18)19)5-16-10(17)9(15)11(16)20-6-13/h1-4,9,11H,5-6,15H2,(H,18,19)/t9-,11-,13?/m1/s1. The third kappa shape index (κ3) is 2.48. The monoisotopic (exact) mass is 388 g/mol. The zero-order valence-electron chi connectivity index (χ0n) is 10.9. The molecule has 3 N–H and O–H groups in total. The van der Waals surface area contributed by atoms with Crippen molar-refractivity contribution in [2.24, 2.45) is 5.73 Å². The number of nitrogens with two attached hydrogens (primary N) is 1. The van der Waals surface area contributed by atoms with Gasteiger partial charge < -0.3 is 15.7 Å². The number of carboxylic acids is 1. The summed E-state index contributed by atoms with van der Waals surface area (Å²) in [5.74, 6) is -0.635. The molecule has 21 heavy (non-hydrogen) atoms. The number of benzene rings is 1. The number of hydrogen-bond acceptors (Lipinski definition) is 5. The highest BCUT2D eigenvalue weighted by Crippen LogP contribution is 2.47. The second kappa shape index (κ2) is 5.49. The van der Waals surface area contributed by atoms with Gasteiger partial charge in [0, 0.05) is 21.7 Å². The summed E-state index contributed by atoms with van der Waals surface area (Å²) < 4.78 is -0.185. The Hall–Kier alpha value is -0.700. The van der Waals surface area contributed by atoms with Gasteiger partial charge in [-0.05, 0) is 28.1 Å². The molecule has 2 aliphatic heterocycles. The van der Waals surface area contributed by atoms with E-state index in [1.807, 2.05) is 24.3 Å². The lowest BCUT2D eigenvalue weighted by atomic mass is 10.0. The van der Waals surface area contributed by atoms with E-state index in [1.54, 1.807) is 4.90 Å². The largest absolute Gasteiger partial charge is 0.480 e. The molecule has 1 aromatic rings. The first-order chi connectivity index (χ1) is 9.94. The summed E-state index contributed by atoms with van der Waals surface area (Å²) in [4.78, 5) is 26.1. The predicted molar refractivity (Wildman–Crippen MR) is 86.3 cm³/mol. The number of carbonyl (C=O) groups is 2. The molecule has 0 aromatic heterocycles. The van der Waals surface area contributed by atoms with Gasteiger partial charge in [0.15, 0.2) is 0 Å². The topological polar surface area (TPSA) is 83.6 Å². The highest BCUT2D eigenvalue weighted by molar-refractivity contribution is 9.10. The molecule has 1 amide bonds. The van der Waals surface area contributed by atoms with Crippen molar-refractivity contribution in [3.05, 3.63) is 28.7 Å². The molecule has 3 atom stereocenters. The van der Waals surface area contributed by atoms with Crippen molar-refractivity contribution in [3.8, 4) is 0 Å². The lowest BCUT2D eigenvalue weighted by Crippen LogP contribution is -2.73. The SMILES string of the molecule is N[C@@H]1C(=O)N2CC(Sc3ccccc3Br)(C(=O)O)CS[C@H]12. The fourth-order valence-electron chi connectivity index (χ4n) is 2.43. The van der Waals surface area contributed by atoms with Gasteiger partial charge in [-0.1, -0.05) is 12.1 Å². The van der Waals surface area contributed by atoms with Crippen molar-refractivity contribution in [1.29, 1.82) is 0 Å². The van der Waals surface area contributed by atoms with Crippen LogP contribution in [0.2, 0.25) is 0 Å². The Bertz CT molecular complexity index is 615. The lowest BCUT2D eigenvalue weighted by molar-refractivity contribution is -0.148. The van der Waals surface area contributed by atoms with E-state index in [-0.39, 0.29) is 17.8 Å². The fraction of sp³-hybridized carbons (Fsp3) is 0.385. The molecule has 3 rings (SSSR count). The van der Waals surface area contributed by atoms with Gasteiger partial charge in [-0.3, -0.25) is 9.59 Å². The molecular weight excluding hydrogens is 376 g/mol. The summed E-state index contributed by atoms with van der Waals surface area (Å²) in [7, 11) is 0. The van der Waals surface area contributed by atoms with Gasteiger partial charge in [0.05, 0.1) is 0 Å². The summed E-state index contributed by atoms with van der Waals surface area (Å²) in [6.07, 6.45) is 0. The number of thioether (sulfide) groups is 2. The Morgan fingerprint density at radius 3 is 2.90 bits per heavy atom. The first-order valence-electron chi connectivity index (χ1n) is 6.29. The number of rotatable bonds is 3. The maximum Gasteiger partial charge on any atom is 0.322 e. The third-order valence-electron chi connectivity index (χ3n) is 3.63. The number of nitrogens with zero attached hydrogens (tertiary/aromatic N) is 1. The van der Waals surface area contributed by atoms with Gasteiger partial charge in [-0.2, -0.15) is 0 Å². The van der Waals surface area contributed by atoms with E-state index in [2.05, 4.69) is 15.9 Å². The number of hydrogen-bond donors (Lipinski definition) is 2. The maximum absolute atomic E-state index is 11.8. The van der Waals surface area contributed by atoms with Gasteiger partial charge in [0.2, 0.25) is 5.91 Å². The second-order valence-corrected chi connectivity index (χ2v) is 8.41. The predicted octanol–water partition coefficient (Wildman–Crippen LogP) is 1.61. The molecule has 2 aliphatic rings. The van der Waals surface area contributed by atoms with E-state index in [0.717, 1.165) is 9.37 Å². The number of carboxylic acid groups (broad SMARTS) is 1. The van der Waals surface area contributed by atoms with Gasteiger partial charge in [0.1, 0.15) is 16.2 Å². The molecule has 1 aromatic carbocycles. The fourth-order valence-corrected chi connectivity index (χ4v) is 5.75. The number of carbonyl (C=O) groups excluding carboxylic acids is 1. The summed E-state index contributed by atoms with van der Waals surface area (Å²) in [6.45, 7) is 0.193. The Balaban J connectivity index is 1.87. The van der Waals surface area contributed by atoms with E-state index in [1.165, 1.54) is 23.5 Å². The molecule has 2 saturated heterocycles. The summed E-state index contributed by atoms with van der Waals surface area (Å²) in [6, 6.07) is 7.01. The zero-order chi connectivity index (χ0) is 15.2. The Labute approximate surface area is 138 Å². The van der Waals surface area contributed by atoms with Crippen LogP contribution in [0.15, 0.2) is 33.6 Å². The van der Waals surface area contributed by atoms with Crippen LogP contribution in [0.3, 0.4) is 0 Å². The van der Waals surface area contributed by atoms with Crippen LogP contribution in [0.4, 0.5) is 0 Å². The van der Waals surface area contributed by atoms with Crippen LogP contribution in [0.1, 0.15) is 0 Å². The number of amides is 1. The Kier molecular flexibility index (Phi) is 3.98. The zero-order valence-corrected chi connectivity index (χ0v) is 14.1. The smallest absolute Gasteiger partial charge is 0.322 e. The summed E-state index contributed by atoms with van der Waals surface area (Å²) >= 11 is 6.17. The van der Waals surface area contributed by atoms with Crippen LogP contribution < -0.4 is 5.73 Å². The lowest BCUT2D eigenvalue weighted by Gasteiger charge is -2.52. The van der Waals surface area contributed by atoms with Crippen LogP contribution in [-0.2, 0) is 9.59 Å². The number of β-lactam (4-membered cyclic amide) rings is 1. The van der Waals surface area contributed by atoms with Crippen molar-refractivity contribution in [3.63, 3.8) is 0 Å². The molecule has 2 fully saturated rings. The first kappa shape index (κ1) is 15.2. The van der Waals surface area contributed by atoms with Crippen molar-refractivity contribution in [1.82, 2.24) is 4.90 Å². The number of halogens is 1. The van der Waals surface area contributed by atoms with Crippen LogP contribution in [0, 0.1) is 0 Å². The van der Waals surface area contributed by atoms with Crippen LogP contribution in [0.5, 0.6) is 0 Å². The van der Waals surface area contributed by atoms with E-state index >= 15 is 0 Å². The first-order valence-corrected chi connectivity index (χ1v) is 8.95. The van der Waals surface area contributed by atoms with E-state index in [0.29, 0.717) is 5.75 Å². The molecule has 1 unspecified atom stereocenters. The molecule has 5 nitrogen and oxygen atoms in total. The quantitative estimate of drug-likeness (QED) is 0.765. The van der Waals surface area contributed by atoms with Gasteiger partial charge in [-0.15, -0.1) is 23.5 Å². The maximum atomic E-state index is 11.8. The molecule has 8 heteroatoms. The van der Waals surface area contributed by atoms with Crippen LogP contribution >= 0.6 is 39.5 Å². The average Bonchev–Trinajstić information content (AvgIpc) is 2.48.